The van der Waals surface area contributed by atoms with E-state index in [1.807, 2.05) is 30.3 Å². The molecule has 4 heteroatoms. The number of fused-ring (bicyclic) bond motifs is 1. The number of nitrogens with one attached hydrogen (secondary N) is 1. The lowest BCUT2D eigenvalue weighted by atomic mass is 10.0. The molecular formula is C16H14FNO2. The molecule has 0 spiro atoms. The van der Waals surface area contributed by atoms with Crippen LogP contribution in [0.25, 0.3) is 0 Å². The molecule has 0 unspecified atom stereocenters. The number of carbonyl (C=O) groups is 1. The average molecular weight is 271 g/mol. The summed E-state index contributed by atoms with van der Waals surface area (Å²) in [4.78, 5) is 11.4. The Morgan fingerprint density at radius 1 is 1.15 bits per heavy atom. The lowest BCUT2D eigenvalue weighted by molar-refractivity contribution is -0.116. The van der Waals surface area contributed by atoms with Gasteiger partial charge in [0, 0.05) is 18.2 Å². The van der Waals surface area contributed by atoms with Crippen molar-refractivity contribution in [3.63, 3.8) is 0 Å². The number of amides is 1. The van der Waals surface area contributed by atoms with Crippen LogP contribution in [0.3, 0.4) is 0 Å². The van der Waals surface area contributed by atoms with Crippen LogP contribution >= 0.6 is 0 Å². The summed E-state index contributed by atoms with van der Waals surface area (Å²) in [5.41, 5.74) is 2.42. The van der Waals surface area contributed by atoms with Gasteiger partial charge in [0.05, 0.1) is 0 Å². The summed E-state index contributed by atoms with van der Waals surface area (Å²) in [5.74, 6) is -0.274. The highest BCUT2D eigenvalue weighted by Gasteiger charge is 2.18. The molecule has 3 rings (SSSR count). The predicted octanol–water partition coefficient (Wildman–Crippen LogP) is 3.29. The molecule has 0 aromatic heterocycles. The minimum absolute atomic E-state index is 0.0434. The maximum Gasteiger partial charge on any atom is 0.224 e. The Bertz CT molecular complexity index is 640. The van der Waals surface area contributed by atoms with Crippen LogP contribution in [0.1, 0.15) is 17.5 Å². The Morgan fingerprint density at radius 2 is 1.95 bits per heavy atom. The molecule has 0 saturated carbocycles. The van der Waals surface area contributed by atoms with E-state index in [0.29, 0.717) is 25.1 Å². The van der Waals surface area contributed by atoms with Gasteiger partial charge >= 0.3 is 0 Å². The number of hydrogen-bond acceptors (Lipinski definition) is 2. The Morgan fingerprint density at radius 3 is 2.75 bits per heavy atom. The highest BCUT2D eigenvalue weighted by molar-refractivity contribution is 5.94. The van der Waals surface area contributed by atoms with Gasteiger partial charge in [-0.2, -0.15) is 0 Å². The summed E-state index contributed by atoms with van der Waals surface area (Å²) in [5, 5.41) is 2.74. The Kier molecular flexibility index (Phi) is 3.37. The zero-order chi connectivity index (χ0) is 13.9. The van der Waals surface area contributed by atoms with E-state index in [2.05, 4.69) is 5.32 Å². The lowest BCUT2D eigenvalue weighted by Gasteiger charge is -2.18. The monoisotopic (exact) mass is 271 g/mol. The molecule has 1 heterocycles. The highest BCUT2D eigenvalue weighted by Crippen LogP contribution is 2.30. The lowest BCUT2D eigenvalue weighted by Crippen LogP contribution is -2.19. The smallest absolute Gasteiger partial charge is 0.224 e. The van der Waals surface area contributed by atoms with Crippen LogP contribution in [0.2, 0.25) is 0 Å². The van der Waals surface area contributed by atoms with Crippen LogP contribution in [0.5, 0.6) is 5.75 Å². The molecule has 0 atom stereocenters. The van der Waals surface area contributed by atoms with Crippen LogP contribution < -0.4 is 10.1 Å². The second kappa shape index (κ2) is 5.33. The van der Waals surface area contributed by atoms with Crippen LogP contribution in [0.15, 0.2) is 42.5 Å². The standard InChI is InChI=1S/C16H14FNO2/c17-13-8-12-6-7-16(19)18-14(12)9-15(13)20-10-11-4-2-1-3-5-11/h1-5,8-9H,6-7,10H2,(H,18,19). The van der Waals surface area contributed by atoms with Gasteiger partial charge in [0.2, 0.25) is 5.91 Å². The van der Waals surface area contributed by atoms with E-state index in [-0.39, 0.29) is 11.7 Å². The number of anilines is 1. The fourth-order valence-corrected chi connectivity index (χ4v) is 2.22. The normalized spacial score (nSPS) is 13.6. The quantitative estimate of drug-likeness (QED) is 0.930. The topological polar surface area (TPSA) is 38.3 Å². The third-order valence-electron chi connectivity index (χ3n) is 3.29. The summed E-state index contributed by atoms with van der Waals surface area (Å²) in [6.45, 7) is 0.296. The predicted molar refractivity (Wildman–Crippen MR) is 74.1 cm³/mol. The third-order valence-corrected chi connectivity index (χ3v) is 3.29. The van der Waals surface area contributed by atoms with Gasteiger partial charge in [0.15, 0.2) is 11.6 Å². The molecule has 0 saturated heterocycles. The fraction of sp³-hybridized carbons (Fsp3) is 0.188. The summed E-state index contributed by atoms with van der Waals surface area (Å²) in [6.07, 6.45) is 0.966. The van der Waals surface area contributed by atoms with Crippen LogP contribution in [-0.2, 0) is 17.8 Å². The highest BCUT2D eigenvalue weighted by atomic mass is 19.1. The van der Waals surface area contributed by atoms with Crippen molar-refractivity contribution in [3.05, 3.63) is 59.4 Å². The Balaban J connectivity index is 1.80. The average Bonchev–Trinajstić information content (AvgIpc) is 2.46. The van der Waals surface area contributed by atoms with Crippen molar-refractivity contribution in [2.24, 2.45) is 0 Å². The zero-order valence-corrected chi connectivity index (χ0v) is 10.9. The summed E-state index contributed by atoms with van der Waals surface area (Å²) >= 11 is 0. The molecule has 0 fully saturated rings. The van der Waals surface area contributed by atoms with E-state index >= 15 is 0 Å². The fourth-order valence-electron chi connectivity index (χ4n) is 2.22. The molecular weight excluding hydrogens is 257 g/mol. The van der Waals surface area contributed by atoms with E-state index in [9.17, 15) is 9.18 Å². The first-order chi connectivity index (χ1) is 9.72. The van der Waals surface area contributed by atoms with Gasteiger partial charge in [-0.25, -0.2) is 4.39 Å². The van der Waals surface area contributed by atoms with Crippen molar-refractivity contribution in [1.82, 2.24) is 0 Å². The molecule has 0 radical (unpaired) electrons. The molecule has 3 nitrogen and oxygen atoms in total. The Hall–Kier alpha value is -2.36. The molecule has 2 aromatic rings. The van der Waals surface area contributed by atoms with E-state index in [4.69, 9.17) is 4.74 Å². The second-order valence-electron chi connectivity index (χ2n) is 4.76. The minimum atomic E-state index is -0.393. The first-order valence-electron chi connectivity index (χ1n) is 6.51. The number of benzene rings is 2. The van der Waals surface area contributed by atoms with Crippen LogP contribution in [-0.4, -0.2) is 5.91 Å². The van der Waals surface area contributed by atoms with Crippen LogP contribution in [0, 0.1) is 5.82 Å². The summed E-state index contributed by atoms with van der Waals surface area (Å²) < 4.78 is 19.4. The number of ether oxygens (including phenoxy) is 1. The first-order valence-corrected chi connectivity index (χ1v) is 6.51. The van der Waals surface area contributed by atoms with Crippen molar-refractivity contribution in [2.45, 2.75) is 19.4 Å². The van der Waals surface area contributed by atoms with E-state index < -0.39 is 5.82 Å². The van der Waals surface area contributed by atoms with Crippen molar-refractivity contribution in [2.75, 3.05) is 5.32 Å². The van der Waals surface area contributed by atoms with Crippen molar-refractivity contribution in [3.8, 4) is 5.75 Å². The molecule has 2 aromatic carbocycles. The van der Waals surface area contributed by atoms with Gasteiger partial charge in [0.1, 0.15) is 6.61 Å². The molecule has 1 N–H and O–H groups in total. The molecule has 0 aliphatic carbocycles. The molecule has 1 amide bonds. The molecule has 102 valence electrons. The van der Waals surface area contributed by atoms with Crippen molar-refractivity contribution in [1.29, 1.82) is 0 Å². The number of carbonyl (C=O) groups excluding carboxylic acids is 1. The SMILES string of the molecule is O=C1CCc2cc(F)c(OCc3ccccc3)cc2N1. The summed E-state index contributed by atoms with van der Waals surface area (Å²) in [7, 11) is 0. The number of hydrogen-bond donors (Lipinski definition) is 1. The first kappa shape index (κ1) is 12.7. The largest absolute Gasteiger partial charge is 0.486 e. The van der Waals surface area contributed by atoms with Gasteiger partial charge in [0.25, 0.3) is 0 Å². The van der Waals surface area contributed by atoms with Gasteiger partial charge in [-0.3, -0.25) is 4.79 Å². The van der Waals surface area contributed by atoms with E-state index in [1.54, 1.807) is 6.07 Å². The molecule has 0 bridgehead atoms. The number of halogens is 1. The second-order valence-corrected chi connectivity index (χ2v) is 4.76. The maximum absolute atomic E-state index is 13.9. The van der Waals surface area contributed by atoms with Gasteiger partial charge in [-0.1, -0.05) is 30.3 Å². The van der Waals surface area contributed by atoms with Crippen molar-refractivity contribution < 1.29 is 13.9 Å². The summed E-state index contributed by atoms with van der Waals surface area (Å²) in [6, 6.07) is 12.6. The van der Waals surface area contributed by atoms with Crippen molar-refractivity contribution >= 4 is 11.6 Å². The molecule has 1 aliphatic heterocycles. The minimum Gasteiger partial charge on any atom is -0.486 e. The zero-order valence-electron chi connectivity index (χ0n) is 10.9. The van der Waals surface area contributed by atoms with Gasteiger partial charge in [-0.15, -0.1) is 0 Å². The van der Waals surface area contributed by atoms with Gasteiger partial charge < -0.3 is 10.1 Å². The van der Waals surface area contributed by atoms with Gasteiger partial charge in [-0.05, 0) is 23.6 Å². The molecule has 1 aliphatic rings. The maximum atomic E-state index is 13.9. The third kappa shape index (κ3) is 2.64. The van der Waals surface area contributed by atoms with E-state index in [1.165, 1.54) is 6.07 Å². The molecule has 20 heavy (non-hydrogen) atoms. The number of rotatable bonds is 3. The Labute approximate surface area is 116 Å². The van der Waals surface area contributed by atoms with Crippen LogP contribution in [0.4, 0.5) is 10.1 Å². The number of aryl methyl sites for hydroxylation is 1. The van der Waals surface area contributed by atoms with E-state index in [0.717, 1.165) is 11.1 Å².